The maximum absolute atomic E-state index is 13.9. The second-order valence-electron chi connectivity index (χ2n) is 5.78. The normalized spacial score (nSPS) is 26.3. The van der Waals surface area contributed by atoms with Crippen LogP contribution in [0.15, 0.2) is 24.3 Å². The Bertz CT molecular complexity index is 407. The van der Waals surface area contributed by atoms with Gasteiger partial charge in [-0.3, -0.25) is 0 Å². The van der Waals surface area contributed by atoms with Crippen LogP contribution in [0.1, 0.15) is 38.3 Å². The van der Waals surface area contributed by atoms with E-state index in [0.717, 1.165) is 31.5 Å². The highest BCUT2D eigenvalue weighted by atomic mass is 19.1. The van der Waals surface area contributed by atoms with Crippen LogP contribution in [0.5, 0.6) is 0 Å². The van der Waals surface area contributed by atoms with Gasteiger partial charge in [-0.15, -0.1) is 0 Å². The number of piperidine rings is 1. The van der Waals surface area contributed by atoms with Gasteiger partial charge in [0.15, 0.2) is 0 Å². The molecule has 3 atom stereocenters. The first-order valence-electron chi connectivity index (χ1n) is 7.30. The Balaban J connectivity index is 2.05. The van der Waals surface area contributed by atoms with Crippen molar-refractivity contribution in [2.45, 2.75) is 38.8 Å². The molecule has 3 unspecified atom stereocenters. The quantitative estimate of drug-likeness (QED) is 0.898. The number of hydrogen-bond donors (Lipinski definition) is 1. The summed E-state index contributed by atoms with van der Waals surface area (Å²) in [6, 6.07) is 7.73. The minimum Gasteiger partial charge on any atom is -0.307 e. The molecular weight excluding hydrogens is 239 g/mol. The molecule has 1 aromatic rings. The molecular formula is C16H25FN2. The number of halogens is 1. The molecule has 19 heavy (non-hydrogen) atoms. The van der Waals surface area contributed by atoms with E-state index in [1.807, 2.05) is 12.1 Å². The highest BCUT2D eigenvalue weighted by Gasteiger charge is 2.26. The summed E-state index contributed by atoms with van der Waals surface area (Å²) in [5.74, 6) is 0.516. The van der Waals surface area contributed by atoms with E-state index in [9.17, 15) is 4.39 Å². The zero-order valence-corrected chi connectivity index (χ0v) is 12.2. The molecule has 106 valence electrons. The fourth-order valence-corrected chi connectivity index (χ4v) is 3.05. The Labute approximate surface area is 116 Å². The molecule has 0 amide bonds. The van der Waals surface area contributed by atoms with Crippen LogP contribution >= 0.6 is 0 Å². The standard InChI is InChI=1S/C16H25FN2/c1-4-15(13-7-5-6-8-14(13)17)18-16-9-10-19(3)11-12(16)2/h5-8,12,15-16,18H,4,9-11H2,1-3H3. The van der Waals surface area contributed by atoms with E-state index in [4.69, 9.17) is 0 Å². The van der Waals surface area contributed by atoms with Gasteiger partial charge in [-0.25, -0.2) is 4.39 Å². The molecule has 2 nitrogen and oxygen atoms in total. The maximum Gasteiger partial charge on any atom is 0.127 e. The maximum atomic E-state index is 13.9. The van der Waals surface area contributed by atoms with Crippen molar-refractivity contribution < 1.29 is 4.39 Å². The highest BCUT2D eigenvalue weighted by molar-refractivity contribution is 5.21. The number of nitrogens with one attached hydrogen (secondary N) is 1. The summed E-state index contributed by atoms with van der Waals surface area (Å²) >= 11 is 0. The number of rotatable bonds is 4. The van der Waals surface area contributed by atoms with Gasteiger partial charge in [-0.05, 0) is 38.4 Å². The van der Waals surface area contributed by atoms with Crippen LogP contribution in [0.4, 0.5) is 4.39 Å². The molecule has 1 fully saturated rings. The van der Waals surface area contributed by atoms with E-state index < -0.39 is 0 Å². The van der Waals surface area contributed by atoms with Crippen LogP contribution < -0.4 is 5.32 Å². The lowest BCUT2D eigenvalue weighted by atomic mass is 9.92. The van der Waals surface area contributed by atoms with Gasteiger partial charge in [0.05, 0.1) is 0 Å². The van der Waals surface area contributed by atoms with Crippen molar-refractivity contribution >= 4 is 0 Å². The topological polar surface area (TPSA) is 15.3 Å². The van der Waals surface area contributed by atoms with Crippen molar-refractivity contribution in [2.24, 2.45) is 5.92 Å². The average molecular weight is 264 g/mol. The van der Waals surface area contributed by atoms with Crippen LogP contribution in [-0.2, 0) is 0 Å². The van der Waals surface area contributed by atoms with Crippen molar-refractivity contribution in [1.82, 2.24) is 10.2 Å². The van der Waals surface area contributed by atoms with Gasteiger partial charge < -0.3 is 10.2 Å². The first-order valence-corrected chi connectivity index (χ1v) is 7.30. The Morgan fingerprint density at radius 3 is 2.79 bits per heavy atom. The van der Waals surface area contributed by atoms with Crippen molar-refractivity contribution in [1.29, 1.82) is 0 Å². The molecule has 1 aliphatic rings. The summed E-state index contributed by atoms with van der Waals surface area (Å²) in [6.45, 7) is 6.63. The number of likely N-dealkylation sites (tertiary alicyclic amines) is 1. The summed E-state index contributed by atoms with van der Waals surface area (Å²) < 4.78 is 13.9. The molecule has 0 spiro atoms. The zero-order chi connectivity index (χ0) is 13.8. The zero-order valence-electron chi connectivity index (χ0n) is 12.2. The number of nitrogens with zero attached hydrogens (tertiary/aromatic N) is 1. The van der Waals surface area contributed by atoms with Gasteiger partial charge in [-0.2, -0.15) is 0 Å². The van der Waals surface area contributed by atoms with Crippen LogP contribution in [0.25, 0.3) is 0 Å². The van der Waals surface area contributed by atoms with Crippen molar-refractivity contribution in [3.8, 4) is 0 Å². The van der Waals surface area contributed by atoms with Crippen LogP contribution in [-0.4, -0.2) is 31.1 Å². The van der Waals surface area contributed by atoms with E-state index in [1.54, 1.807) is 12.1 Å². The van der Waals surface area contributed by atoms with Crippen molar-refractivity contribution in [2.75, 3.05) is 20.1 Å². The van der Waals surface area contributed by atoms with Crippen molar-refractivity contribution in [3.63, 3.8) is 0 Å². The lowest BCUT2D eigenvalue weighted by Gasteiger charge is -2.37. The Hall–Kier alpha value is -0.930. The average Bonchev–Trinajstić information content (AvgIpc) is 2.39. The second kappa shape index (κ2) is 6.49. The van der Waals surface area contributed by atoms with Crippen LogP contribution in [0.2, 0.25) is 0 Å². The van der Waals surface area contributed by atoms with Gasteiger partial charge in [0.2, 0.25) is 0 Å². The fraction of sp³-hybridized carbons (Fsp3) is 0.625. The third-order valence-corrected chi connectivity index (χ3v) is 4.21. The molecule has 3 heteroatoms. The number of benzene rings is 1. The van der Waals surface area contributed by atoms with Gasteiger partial charge >= 0.3 is 0 Å². The molecule has 0 aliphatic carbocycles. The fourth-order valence-electron chi connectivity index (χ4n) is 3.05. The van der Waals surface area contributed by atoms with E-state index in [0.29, 0.717) is 12.0 Å². The Morgan fingerprint density at radius 1 is 1.42 bits per heavy atom. The highest BCUT2D eigenvalue weighted by Crippen LogP contribution is 2.24. The van der Waals surface area contributed by atoms with Crippen LogP contribution in [0.3, 0.4) is 0 Å². The van der Waals surface area contributed by atoms with Crippen LogP contribution in [0, 0.1) is 11.7 Å². The molecule has 1 aliphatic heterocycles. The van der Waals surface area contributed by atoms with E-state index >= 15 is 0 Å². The molecule has 0 saturated carbocycles. The molecule has 1 heterocycles. The summed E-state index contributed by atoms with van der Waals surface area (Å²) in [5.41, 5.74) is 0.802. The predicted octanol–water partition coefficient (Wildman–Crippen LogP) is 3.21. The second-order valence-corrected chi connectivity index (χ2v) is 5.78. The predicted molar refractivity (Wildman–Crippen MR) is 77.6 cm³/mol. The van der Waals surface area contributed by atoms with Gasteiger partial charge in [0.25, 0.3) is 0 Å². The Kier molecular flexibility index (Phi) is 4.94. The molecule has 0 bridgehead atoms. The first-order chi connectivity index (χ1) is 9.11. The smallest absolute Gasteiger partial charge is 0.127 e. The largest absolute Gasteiger partial charge is 0.307 e. The molecule has 0 aromatic heterocycles. The lowest BCUT2D eigenvalue weighted by molar-refractivity contribution is 0.164. The van der Waals surface area contributed by atoms with Crippen molar-refractivity contribution in [3.05, 3.63) is 35.6 Å². The van der Waals surface area contributed by atoms with Gasteiger partial charge in [0, 0.05) is 24.2 Å². The summed E-state index contributed by atoms with van der Waals surface area (Å²) in [7, 11) is 2.17. The minimum absolute atomic E-state index is 0.0950. The molecule has 2 rings (SSSR count). The molecule has 1 N–H and O–H groups in total. The number of hydrogen-bond acceptors (Lipinski definition) is 2. The molecule has 1 aromatic carbocycles. The Morgan fingerprint density at radius 2 is 2.16 bits per heavy atom. The monoisotopic (exact) mass is 264 g/mol. The van der Waals surface area contributed by atoms with Gasteiger partial charge in [0.1, 0.15) is 5.82 Å². The summed E-state index contributed by atoms with van der Waals surface area (Å²) in [5, 5.41) is 3.67. The SMILES string of the molecule is CCC(NC1CCN(C)CC1C)c1ccccc1F. The summed E-state index contributed by atoms with van der Waals surface area (Å²) in [4.78, 5) is 2.37. The third kappa shape index (κ3) is 3.54. The molecule has 1 saturated heterocycles. The van der Waals surface area contributed by atoms with E-state index in [1.165, 1.54) is 0 Å². The summed E-state index contributed by atoms with van der Waals surface area (Å²) in [6.07, 6.45) is 2.06. The lowest BCUT2D eigenvalue weighted by Crippen LogP contribution is -2.48. The van der Waals surface area contributed by atoms with E-state index in [2.05, 4.69) is 31.1 Å². The van der Waals surface area contributed by atoms with Gasteiger partial charge in [-0.1, -0.05) is 32.0 Å². The minimum atomic E-state index is -0.0950. The molecule has 0 radical (unpaired) electrons. The third-order valence-electron chi connectivity index (χ3n) is 4.21. The first kappa shape index (κ1) is 14.5. The van der Waals surface area contributed by atoms with E-state index in [-0.39, 0.29) is 11.9 Å².